The molecule has 2 atom stereocenters. The van der Waals surface area contributed by atoms with Crippen LogP contribution < -0.4 is 5.32 Å². The third-order valence-electron chi connectivity index (χ3n) is 4.69. The fraction of sp³-hybridized carbons (Fsp3) is 0.667. The average molecular weight is 246 g/mol. The van der Waals surface area contributed by atoms with Crippen molar-refractivity contribution in [2.45, 2.75) is 51.3 Å². The van der Waals surface area contributed by atoms with E-state index in [0.717, 1.165) is 18.8 Å². The van der Waals surface area contributed by atoms with Gasteiger partial charge in [0.25, 0.3) is 0 Å². The van der Waals surface area contributed by atoms with Gasteiger partial charge in [0.1, 0.15) is 0 Å². The Morgan fingerprint density at radius 3 is 2.94 bits per heavy atom. The third kappa shape index (κ3) is 1.95. The van der Waals surface area contributed by atoms with E-state index in [1.165, 1.54) is 25.7 Å². The molecule has 2 saturated carbocycles. The van der Waals surface area contributed by atoms with Crippen LogP contribution in [-0.2, 0) is 11.3 Å². The summed E-state index contributed by atoms with van der Waals surface area (Å²) in [7, 11) is 0. The van der Waals surface area contributed by atoms with Crippen LogP contribution in [0.1, 0.15) is 38.3 Å². The Kier molecular flexibility index (Phi) is 3.35. The molecule has 3 nitrogen and oxygen atoms in total. The Balaban J connectivity index is 1.55. The molecule has 3 rings (SSSR count). The lowest BCUT2D eigenvalue weighted by atomic mass is 9.51. The average Bonchev–Trinajstić information content (AvgIpc) is 2.32. The maximum Gasteiger partial charge on any atom is 0.0661 e. The lowest BCUT2D eigenvalue weighted by Crippen LogP contribution is -2.66. The van der Waals surface area contributed by atoms with Gasteiger partial charge in [0, 0.05) is 30.8 Å². The standard InChI is InChI=1S/C15H22N2O/c1-2-18-14-10-13(15(14)7-5-8-15)17-11-12-6-3-4-9-16-12/h3-4,6,9,13-14,17H,2,5,7-8,10-11H2,1H3. The molecule has 3 heteroatoms. The van der Waals surface area contributed by atoms with Gasteiger partial charge in [0.15, 0.2) is 0 Å². The van der Waals surface area contributed by atoms with E-state index in [1.807, 2.05) is 18.3 Å². The molecular weight excluding hydrogens is 224 g/mol. The highest BCUT2D eigenvalue weighted by Gasteiger charge is 2.58. The van der Waals surface area contributed by atoms with E-state index < -0.39 is 0 Å². The molecule has 2 unspecified atom stereocenters. The molecule has 1 N–H and O–H groups in total. The number of hydrogen-bond acceptors (Lipinski definition) is 3. The molecule has 0 aliphatic heterocycles. The van der Waals surface area contributed by atoms with Gasteiger partial charge in [-0.25, -0.2) is 0 Å². The van der Waals surface area contributed by atoms with Gasteiger partial charge in [0.05, 0.1) is 11.8 Å². The van der Waals surface area contributed by atoms with Crippen molar-refractivity contribution in [3.8, 4) is 0 Å². The van der Waals surface area contributed by atoms with E-state index in [2.05, 4.69) is 23.3 Å². The SMILES string of the molecule is CCOC1CC(NCc2ccccn2)C12CCC2. The molecule has 1 aromatic rings. The summed E-state index contributed by atoms with van der Waals surface area (Å²) in [6.45, 7) is 3.83. The van der Waals surface area contributed by atoms with E-state index in [1.54, 1.807) is 0 Å². The van der Waals surface area contributed by atoms with E-state index in [-0.39, 0.29) is 0 Å². The van der Waals surface area contributed by atoms with Gasteiger partial charge < -0.3 is 10.1 Å². The van der Waals surface area contributed by atoms with Crippen molar-refractivity contribution < 1.29 is 4.74 Å². The van der Waals surface area contributed by atoms with Crippen molar-refractivity contribution in [2.75, 3.05) is 6.61 Å². The highest BCUT2D eigenvalue weighted by Crippen LogP contribution is 2.57. The van der Waals surface area contributed by atoms with Crippen molar-refractivity contribution >= 4 is 0 Å². The molecule has 1 aromatic heterocycles. The first-order valence-corrected chi connectivity index (χ1v) is 7.10. The molecule has 2 aliphatic carbocycles. The van der Waals surface area contributed by atoms with Crippen LogP contribution in [0.5, 0.6) is 0 Å². The van der Waals surface area contributed by atoms with Crippen LogP contribution in [0, 0.1) is 5.41 Å². The van der Waals surface area contributed by atoms with E-state index in [0.29, 0.717) is 17.6 Å². The largest absolute Gasteiger partial charge is 0.378 e. The van der Waals surface area contributed by atoms with Crippen LogP contribution in [0.4, 0.5) is 0 Å². The van der Waals surface area contributed by atoms with Crippen LogP contribution in [0.15, 0.2) is 24.4 Å². The van der Waals surface area contributed by atoms with E-state index in [9.17, 15) is 0 Å². The van der Waals surface area contributed by atoms with Crippen molar-refractivity contribution in [1.82, 2.24) is 10.3 Å². The number of rotatable bonds is 5. The van der Waals surface area contributed by atoms with Crippen molar-refractivity contribution in [1.29, 1.82) is 0 Å². The first-order valence-electron chi connectivity index (χ1n) is 7.10. The lowest BCUT2D eigenvalue weighted by molar-refractivity contribution is -0.173. The Hall–Kier alpha value is -0.930. The molecule has 2 aliphatic rings. The molecule has 18 heavy (non-hydrogen) atoms. The zero-order valence-electron chi connectivity index (χ0n) is 11.1. The fourth-order valence-electron chi connectivity index (χ4n) is 3.46. The summed E-state index contributed by atoms with van der Waals surface area (Å²) in [5, 5.41) is 3.67. The third-order valence-corrected chi connectivity index (χ3v) is 4.69. The van der Waals surface area contributed by atoms with Gasteiger partial charge in [-0.3, -0.25) is 4.98 Å². The number of hydrogen-bond donors (Lipinski definition) is 1. The highest BCUT2D eigenvalue weighted by atomic mass is 16.5. The minimum atomic E-state index is 0.449. The topological polar surface area (TPSA) is 34.1 Å². The van der Waals surface area contributed by atoms with Crippen LogP contribution in [0.2, 0.25) is 0 Å². The first-order chi connectivity index (χ1) is 8.85. The van der Waals surface area contributed by atoms with Gasteiger partial charge >= 0.3 is 0 Å². The van der Waals surface area contributed by atoms with Gasteiger partial charge in [-0.1, -0.05) is 12.5 Å². The first kappa shape index (κ1) is 12.1. The molecule has 1 spiro atoms. The predicted molar refractivity (Wildman–Crippen MR) is 71.2 cm³/mol. The molecule has 1 heterocycles. The van der Waals surface area contributed by atoms with Crippen molar-refractivity contribution in [2.24, 2.45) is 5.41 Å². The number of ether oxygens (including phenoxy) is 1. The number of nitrogens with one attached hydrogen (secondary N) is 1. The molecular formula is C15H22N2O. The molecule has 0 bridgehead atoms. The normalized spacial score (nSPS) is 28.7. The summed E-state index contributed by atoms with van der Waals surface area (Å²) in [5.41, 5.74) is 1.58. The molecule has 0 amide bonds. The van der Waals surface area contributed by atoms with Crippen LogP contribution in [0.3, 0.4) is 0 Å². The summed E-state index contributed by atoms with van der Waals surface area (Å²) in [4.78, 5) is 4.36. The summed E-state index contributed by atoms with van der Waals surface area (Å²) in [6.07, 6.45) is 7.55. The minimum absolute atomic E-state index is 0.449. The fourth-order valence-corrected chi connectivity index (χ4v) is 3.46. The van der Waals surface area contributed by atoms with E-state index >= 15 is 0 Å². The maximum atomic E-state index is 5.86. The number of pyridine rings is 1. The quantitative estimate of drug-likeness (QED) is 0.867. The summed E-state index contributed by atoms with van der Waals surface area (Å²) < 4.78 is 5.86. The molecule has 98 valence electrons. The second-order valence-electron chi connectivity index (χ2n) is 5.52. The Morgan fingerprint density at radius 2 is 2.33 bits per heavy atom. The predicted octanol–water partition coefficient (Wildman–Crippen LogP) is 2.52. The Labute approximate surface area is 109 Å². The second kappa shape index (κ2) is 4.98. The number of nitrogens with zero attached hydrogens (tertiary/aromatic N) is 1. The summed E-state index contributed by atoms with van der Waals surface area (Å²) in [5.74, 6) is 0. The van der Waals surface area contributed by atoms with Crippen LogP contribution in [-0.4, -0.2) is 23.7 Å². The molecule has 0 aromatic carbocycles. The zero-order valence-corrected chi connectivity index (χ0v) is 11.1. The number of aromatic nitrogens is 1. The van der Waals surface area contributed by atoms with E-state index in [4.69, 9.17) is 4.74 Å². The summed E-state index contributed by atoms with van der Waals surface area (Å²) in [6, 6.07) is 6.72. The van der Waals surface area contributed by atoms with Crippen LogP contribution >= 0.6 is 0 Å². The summed E-state index contributed by atoms with van der Waals surface area (Å²) >= 11 is 0. The van der Waals surface area contributed by atoms with Gasteiger partial charge in [-0.2, -0.15) is 0 Å². The molecule has 0 saturated heterocycles. The van der Waals surface area contributed by atoms with Crippen molar-refractivity contribution in [3.05, 3.63) is 30.1 Å². The minimum Gasteiger partial charge on any atom is -0.378 e. The van der Waals surface area contributed by atoms with Gasteiger partial charge in [-0.15, -0.1) is 0 Å². The Bertz CT molecular complexity index is 389. The maximum absolute atomic E-state index is 5.86. The zero-order chi connectivity index (χ0) is 12.4. The highest BCUT2D eigenvalue weighted by molar-refractivity contribution is 5.13. The molecule has 2 fully saturated rings. The van der Waals surface area contributed by atoms with Crippen molar-refractivity contribution in [3.63, 3.8) is 0 Å². The smallest absolute Gasteiger partial charge is 0.0661 e. The molecule has 0 radical (unpaired) electrons. The second-order valence-corrected chi connectivity index (χ2v) is 5.52. The van der Waals surface area contributed by atoms with Gasteiger partial charge in [-0.05, 0) is 38.3 Å². The van der Waals surface area contributed by atoms with Crippen LogP contribution in [0.25, 0.3) is 0 Å². The monoisotopic (exact) mass is 246 g/mol. The van der Waals surface area contributed by atoms with Gasteiger partial charge in [0.2, 0.25) is 0 Å². The lowest BCUT2D eigenvalue weighted by Gasteiger charge is -2.61. The Morgan fingerprint density at radius 1 is 1.44 bits per heavy atom.